The summed E-state index contributed by atoms with van der Waals surface area (Å²) in [6.45, 7) is 4.97. The first-order valence-corrected chi connectivity index (χ1v) is 9.06. The molecule has 0 N–H and O–H groups in total. The number of rotatable bonds is 5. The van der Waals surface area contributed by atoms with Crippen molar-refractivity contribution in [3.8, 4) is 0 Å². The Balaban J connectivity index is 1.57. The molecule has 7 heteroatoms. The van der Waals surface area contributed by atoms with Crippen LogP contribution in [-0.2, 0) is 23.1 Å². The van der Waals surface area contributed by atoms with E-state index in [9.17, 15) is 4.79 Å². The number of likely N-dealkylation sites (tertiary alicyclic amines) is 2. The molecule has 134 valence electrons. The third-order valence-electron chi connectivity index (χ3n) is 5.29. The van der Waals surface area contributed by atoms with Crippen molar-refractivity contribution < 1.29 is 9.53 Å². The number of carbonyl (C=O) groups excluding carboxylic acids is 1. The first-order chi connectivity index (χ1) is 11.7. The molecule has 7 nitrogen and oxygen atoms in total. The molecule has 2 fully saturated rings. The first kappa shape index (κ1) is 17.4. The summed E-state index contributed by atoms with van der Waals surface area (Å²) in [5.41, 5.74) is 0. The number of ether oxygens (including phenoxy) is 1. The Labute approximate surface area is 144 Å². The Kier molecular flexibility index (Phi) is 5.84. The predicted molar refractivity (Wildman–Crippen MR) is 90.6 cm³/mol. The molecule has 0 radical (unpaired) electrons. The maximum Gasteiger partial charge on any atom is 0.248 e. The van der Waals surface area contributed by atoms with Gasteiger partial charge in [0.05, 0.1) is 6.54 Å². The van der Waals surface area contributed by atoms with Crippen molar-refractivity contribution in [1.82, 2.24) is 24.6 Å². The molecule has 2 saturated heterocycles. The van der Waals surface area contributed by atoms with E-state index in [1.54, 1.807) is 7.11 Å². The van der Waals surface area contributed by atoms with Crippen LogP contribution in [0.3, 0.4) is 0 Å². The van der Waals surface area contributed by atoms with E-state index in [0.717, 1.165) is 44.1 Å². The Bertz CT molecular complexity index is 545. The average molecular weight is 335 g/mol. The highest BCUT2D eigenvalue weighted by atomic mass is 16.5. The minimum Gasteiger partial charge on any atom is -0.375 e. The highest BCUT2D eigenvalue weighted by Crippen LogP contribution is 2.27. The van der Waals surface area contributed by atoms with Gasteiger partial charge in [-0.1, -0.05) is 6.42 Å². The molecule has 24 heavy (non-hydrogen) atoms. The van der Waals surface area contributed by atoms with Crippen LogP contribution in [0, 0.1) is 0 Å². The van der Waals surface area contributed by atoms with Crippen LogP contribution < -0.4 is 0 Å². The highest BCUT2D eigenvalue weighted by molar-refractivity contribution is 5.77. The van der Waals surface area contributed by atoms with E-state index in [0.29, 0.717) is 5.92 Å². The van der Waals surface area contributed by atoms with Gasteiger partial charge >= 0.3 is 0 Å². The lowest BCUT2D eigenvalue weighted by molar-refractivity contribution is -0.136. The van der Waals surface area contributed by atoms with Crippen molar-refractivity contribution in [3.63, 3.8) is 0 Å². The normalized spacial score (nSPS) is 20.5. The minimum absolute atomic E-state index is 0.0831. The molecule has 0 atom stereocenters. The maximum atomic E-state index is 11.9. The zero-order valence-corrected chi connectivity index (χ0v) is 14.9. The van der Waals surface area contributed by atoms with E-state index in [4.69, 9.17) is 4.74 Å². The summed E-state index contributed by atoms with van der Waals surface area (Å²) in [4.78, 5) is 16.3. The molecule has 3 heterocycles. The van der Waals surface area contributed by atoms with Gasteiger partial charge in [0.2, 0.25) is 5.91 Å². The summed E-state index contributed by atoms with van der Waals surface area (Å²) in [6, 6.07) is 0. The zero-order valence-electron chi connectivity index (χ0n) is 14.9. The van der Waals surface area contributed by atoms with Gasteiger partial charge in [-0.15, -0.1) is 10.2 Å². The monoisotopic (exact) mass is 335 g/mol. The Morgan fingerprint density at radius 2 is 1.83 bits per heavy atom. The first-order valence-electron chi connectivity index (χ1n) is 9.06. The van der Waals surface area contributed by atoms with Crippen LogP contribution >= 0.6 is 0 Å². The van der Waals surface area contributed by atoms with Gasteiger partial charge in [0, 0.05) is 33.2 Å². The summed E-state index contributed by atoms with van der Waals surface area (Å²) in [5.74, 6) is 2.61. The quantitative estimate of drug-likeness (QED) is 0.808. The fourth-order valence-electron chi connectivity index (χ4n) is 3.79. The van der Waals surface area contributed by atoms with Gasteiger partial charge in [-0.3, -0.25) is 9.69 Å². The molecule has 2 aliphatic rings. The standard InChI is InChI=1S/C17H29N5O2/c1-20-15(12-21-8-4-3-5-9-21)18-19-17(20)14-6-10-22(11-7-14)16(23)13-24-2/h14H,3-13H2,1-2H3. The van der Waals surface area contributed by atoms with E-state index in [1.807, 2.05) is 4.90 Å². The van der Waals surface area contributed by atoms with Gasteiger partial charge in [-0.05, 0) is 38.8 Å². The van der Waals surface area contributed by atoms with Crippen LogP contribution in [-0.4, -0.2) is 70.4 Å². The molecule has 0 aromatic carbocycles. The number of aromatic nitrogens is 3. The molecule has 1 amide bonds. The molecule has 3 rings (SSSR count). The summed E-state index contributed by atoms with van der Waals surface area (Å²) in [7, 11) is 3.64. The molecule has 0 bridgehead atoms. The molecule has 1 aromatic heterocycles. The second-order valence-corrected chi connectivity index (χ2v) is 6.96. The number of nitrogens with zero attached hydrogens (tertiary/aromatic N) is 5. The molecule has 0 aliphatic carbocycles. The van der Waals surface area contributed by atoms with Crippen molar-refractivity contribution in [3.05, 3.63) is 11.6 Å². The van der Waals surface area contributed by atoms with Crippen molar-refractivity contribution >= 4 is 5.91 Å². The van der Waals surface area contributed by atoms with Gasteiger partial charge in [0.25, 0.3) is 0 Å². The van der Waals surface area contributed by atoms with E-state index in [-0.39, 0.29) is 12.5 Å². The topological polar surface area (TPSA) is 63.5 Å². The lowest BCUT2D eigenvalue weighted by Gasteiger charge is -2.31. The highest BCUT2D eigenvalue weighted by Gasteiger charge is 2.27. The number of hydrogen-bond donors (Lipinski definition) is 0. The summed E-state index contributed by atoms with van der Waals surface area (Å²) in [5, 5.41) is 8.91. The van der Waals surface area contributed by atoms with Crippen LogP contribution in [0.5, 0.6) is 0 Å². The Morgan fingerprint density at radius 3 is 2.50 bits per heavy atom. The zero-order chi connectivity index (χ0) is 16.9. The van der Waals surface area contributed by atoms with Crippen LogP contribution in [0.1, 0.15) is 49.7 Å². The Hall–Kier alpha value is -1.47. The van der Waals surface area contributed by atoms with Crippen molar-refractivity contribution in [2.24, 2.45) is 7.05 Å². The molecule has 0 spiro atoms. The van der Waals surface area contributed by atoms with Crippen LogP contribution in [0.25, 0.3) is 0 Å². The fourth-order valence-corrected chi connectivity index (χ4v) is 3.79. The smallest absolute Gasteiger partial charge is 0.248 e. The third kappa shape index (κ3) is 3.95. The van der Waals surface area contributed by atoms with E-state index < -0.39 is 0 Å². The van der Waals surface area contributed by atoms with Crippen molar-refractivity contribution in [1.29, 1.82) is 0 Å². The number of amides is 1. The summed E-state index contributed by atoms with van der Waals surface area (Å²) in [6.07, 6.45) is 5.83. The van der Waals surface area contributed by atoms with E-state index in [2.05, 4.69) is 26.7 Å². The van der Waals surface area contributed by atoms with Crippen LogP contribution in [0.4, 0.5) is 0 Å². The SMILES string of the molecule is COCC(=O)N1CCC(c2nnc(CN3CCCCC3)n2C)CC1. The Morgan fingerprint density at radius 1 is 1.12 bits per heavy atom. The molecule has 0 saturated carbocycles. The second-order valence-electron chi connectivity index (χ2n) is 6.96. The molecule has 0 unspecified atom stereocenters. The van der Waals surface area contributed by atoms with Gasteiger partial charge in [0.15, 0.2) is 0 Å². The van der Waals surface area contributed by atoms with Gasteiger partial charge < -0.3 is 14.2 Å². The third-order valence-corrected chi connectivity index (χ3v) is 5.29. The molecule has 2 aliphatic heterocycles. The largest absolute Gasteiger partial charge is 0.375 e. The lowest BCUT2D eigenvalue weighted by Crippen LogP contribution is -2.40. The maximum absolute atomic E-state index is 11.9. The lowest BCUT2D eigenvalue weighted by atomic mass is 9.96. The van der Waals surface area contributed by atoms with Gasteiger partial charge in [-0.25, -0.2) is 0 Å². The van der Waals surface area contributed by atoms with Gasteiger partial charge in [0.1, 0.15) is 18.3 Å². The number of piperidine rings is 2. The fraction of sp³-hybridized carbons (Fsp3) is 0.824. The number of hydrogen-bond acceptors (Lipinski definition) is 5. The average Bonchev–Trinajstić information content (AvgIpc) is 2.97. The second kappa shape index (κ2) is 8.07. The van der Waals surface area contributed by atoms with Crippen molar-refractivity contribution in [2.45, 2.75) is 44.6 Å². The van der Waals surface area contributed by atoms with E-state index >= 15 is 0 Å². The molecular formula is C17H29N5O2. The van der Waals surface area contributed by atoms with Crippen LogP contribution in [0.15, 0.2) is 0 Å². The minimum atomic E-state index is 0.0831. The van der Waals surface area contributed by atoms with Crippen molar-refractivity contribution in [2.75, 3.05) is 39.9 Å². The predicted octanol–water partition coefficient (Wildman–Crippen LogP) is 1.15. The molecule has 1 aromatic rings. The number of carbonyl (C=O) groups is 1. The van der Waals surface area contributed by atoms with Crippen LogP contribution in [0.2, 0.25) is 0 Å². The van der Waals surface area contributed by atoms with Gasteiger partial charge in [-0.2, -0.15) is 0 Å². The van der Waals surface area contributed by atoms with E-state index in [1.165, 1.54) is 32.4 Å². The molecular weight excluding hydrogens is 306 g/mol. The summed E-state index contributed by atoms with van der Waals surface area (Å²) < 4.78 is 7.11. The summed E-state index contributed by atoms with van der Waals surface area (Å²) >= 11 is 0. The number of methoxy groups -OCH3 is 1.